The van der Waals surface area contributed by atoms with Gasteiger partial charge in [0.1, 0.15) is 6.54 Å². The van der Waals surface area contributed by atoms with E-state index in [1.807, 2.05) is 60.7 Å². The Bertz CT molecular complexity index is 655. The number of benzene rings is 2. The van der Waals surface area contributed by atoms with Crippen molar-refractivity contribution in [3.8, 4) is 0 Å². The standard InChI is InChI=1S/C20H23NO3/c1-2-20(23)24-19(14-21)17(15-9-5-3-6-10-15)13-18(22)16-11-7-4-8-12-16/h3-12,17,19H,2,13-14,21H2,1H3/p+1/t17-,19-/m1/s1. The van der Waals surface area contributed by atoms with Crippen LogP contribution in [0.15, 0.2) is 60.7 Å². The summed E-state index contributed by atoms with van der Waals surface area (Å²) in [5.41, 5.74) is 5.57. The molecule has 0 saturated carbocycles. The van der Waals surface area contributed by atoms with Crippen molar-refractivity contribution < 1.29 is 20.1 Å². The molecule has 3 N–H and O–H groups in total. The summed E-state index contributed by atoms with van der Waals surface area (Å²) in [7, 11) is 0. The van der Waals surface area contributed by atoms with E-state index >= 15 is 0 Å². The van der Waals surface area contributed by atoms with Gasteiger partial charge in [0.2, 0.25) is 0 Å². The average Bonchev–Trinajstić information content (AvgIpc) is 2.65. The molecule has 0 spiro atoms. The zero-order valence-electron chi connectivity index (χ0n) is 14.0. The molecule has 0 bridgehead atoms. The molecule has 0 aliphatic carbocycles. The monoisotopic (exact) mass is 326 g/mol. The van der Waals surface area contributed by atoms with Gasteiger partial charge in [-0.25, -0.2) is 0 Å². The van der Waals surface area contributed by atoms with Gasteiger partial charge in [-0.1, -0.05) is 67.6 Å². The first-order valence-electron chi connectivity index (χ1n) is 8.27. The first-order valence-corrected chi connectivity index (χ1v) is 8.27. The van der Waals surface area contributed by atoms with Crippen molar-refractivity contribution in [1.82, 2.24) is 0 Å². The summed E-state index contributed by atoms with van der Waals surface area (Å²) in [6.07, 6.45) is 0.183. The molecule has 0 fully saturated rings. The molecule has 0 aromatic heterocycles. The molecular weight excluding hydrogens is 302 g/mol. The first kappa shape index (κ1) is 17.9. The van der Waals surface area contributed by atoms with Gasteiger partial charge in [0, 0.05) is 24.3 Å². The Balaban J connectivity index is 2.25. The maximum absolute atomic E-state index is 12.6. The van der Waals surface area contributed by atoms with Crippen LogP contribution in [0.2, 0.25) is 0 Å². The number of ketones is 1. The second-order valence-corrected chi connectivity index (χ2v) is 5.68. The lowest BCUT2D eigenvalue weighted by molar-refractivity contribution is -0.385. The molecule has 2 rings (SSSR count). The van der Waals surface area contributed by atoms with Crippen molar-refractivity contribution in [3.63, 3.8) is 0 Å². The molecule has 0 radical (unpaired) electrons. The number of hydrogen-bond acceptors (Lipinski definition) is 3. The van der Waals surface area contributed by atoms with E-state index < -0.39 is 6.10 Å². The van der Waals surface area contributed by atoms with Crippen molar-refractivity contribution in [3.05, 3.63) is 71.8 Å². The second-order valence-electron chi connectivity index (χ2n) is 5.68. The molecule has 0 heterocycles. The van der Waals surface area contributed by atoms with Crippen LogP contribution < -0.4 is 5.73 Å². The fourth-order valence-electron chi connectivity index (χ4n) is 2.70. The Hall–Kier alpha value is -2.46. The van der Waals surface area contributed by atoms with E-state index in [0.29, 0.717) is 18.5 Å². The number of rotatable bonds is 8. The minimum absolute atomic E-state index is 0.0375. The van der Waals surface area contributed by atoms with Gasteiger partial charge < -0.3 is 10.5 Å². The van der Waals surface area contributed by atoms with Crippen LogP contribution in [0.3, 0.4) is 0 Å². The maximum Gasteiger partial charge on any atom is 0.306 e. The van der Waals surface area contributed by atoms with E-state index in [2.05, 4.69) is 5.73 Å². The van der Waals surface area contributed by atoms with Gasteiger partial charge in [-0.3, -0.25) is 9.59 Å². The first-order chi connectivity index (χ1) is 11.7. The van der Waals surface area contributed by atoms with Crippen molar-refractivity contribution in [2.24, 2.45) is 0 Å². The summed E-state index contributed by atoms with van der Waals surface area (Å²) < 4.78 is 5.55. The molecule has 126 valence electrons. The fraction of sp³-hybridized carbons (Fsp3) is 0.300. The third kappa shape index (κ3) is 4.77. The second kappa shape index (κ2) is 8.99. The number of ether oxygens (including phenoxy) is 1. The minimum Gasteiger partial charge on any atom is -0.456 e. The maximum atomic E-state index is 12.6. The number of esters is 1. The topological polar surface area (TPSA) is 71.0 Å². The van der Waals surface area contributed by atoms with Crippen LogP contribution in [0.1, 0.15) is 41.6 Å². The zero-order chi connectivity index (χ0) is 17.4. The zero-order valence-corrected chi connectivity index (χ0v) is 14.0. The lowest BCUT2D eigenvalue weighted by atomic mass is 9.87. The van der Waals surface area contributed by atoms with Crippen LogP contribution in [0.25, 0.3) is 0 Å². The van der Waals surface area contributed by atoms with E-state index in [-0.39, 0.29) is 24.1 Å². The Kier molecular flexibility index (Phi) is 6.70. The predicted octanol–water partition coefficient (Wildman–Crippen LogP) is 2.61. The average molecular weight is 326 g/mol. The lowest BCUT2D eigenvalue weighted by Gasteiger charge is -2.24. The fourth-order valence-corrected chi connectivity index (χ4v) is 2.70. The molecule has 4 nitrogen and oxygen atoms in total. The van der Waals surface area contributed by atoms with Gasteiger partial charge in [0.05, 0.1) is 0 Å². The van der Waals surface area contributed by atoms with Gasteiger partial charge in [0.25, 0.3) is 0 Å². The number of quaternary nitrogens is 1. The molecule has 4 heteroatoms. The molecule has 0 amide bonds. The molecule has 2 atom stereocenters. The molecule has 24 heavy (non-hydrogen) atoms. The molecule has 2 aromatic carbocycles. The highest BCUT2D eigenvalue weighted by Crippen LogP contribution is 2.27. The molecule has 0 saturated heterocycles. The van der Waals surface area contributed by atoms with Crippen molar-refractivity contribution in [2.45, 2.75) is 31.8 Å². The van der Waals surface area contributed by atoms with Crippen LogP contribution in [-0.4, -0.2) is 24.4 Å². The van der Waals surface area contributed by atoms with E-state index in [1.165, 1.54) is 0 Å². The third-order valence-electron chi connectivity index (χ3n) is 4.03. The highest BCUT2D eigenvalue weighted by atomic mass is 16.5. The van der Waals surface area contributed by atoms with Crippen molar-refractivity contribution in [2.75, 3.05) is 6.54 Å². The third-order valence-corrected chi connectivity index (χ3v) is 4.03. The van der Waals surface area contributed by atoms with Crippen LogP contribution in [0.5, 0.6) is 0 Å². The highest BCUT2D eigenvalue weighted by Gasteiger charge is 2.29. The van der Waals surface area contributed by atoms with Crippen LogP contribution in [0, 0.1) is 0 Å². The Labute approximate surface area is 142 Å². The quantitative estimate of drug-likeness (QED) is 0.599. The molecular formula is C20H24NO3+. The van der Waals surface area contributed by atoms with E-state index in [0.717, 1.165) is 5.56 Å². The van der Waals surface area contributed by atoms with E-state index in [1.54, 1.807) is 6.92 Å². The van der Waals surface area contributed by atoms with Crippen LogP contribution in [-0.2, 0) is 9.53 Å². The summed E-state index contributed by atoms with van der Waals surface area (Å²) in [6.45, 7) is 2.18. The predicted molar refractivity (Wildman–Crippen MR) is 92.5 cm³/mol. The van der Waals surface area contributed by atoms with Gasteiger partial charge in [0.15, 0.2) is 11.9 Å². The highest BCUT2D eigenvalue weighted by molar-refractivity contribution is 5.96. The van der Waals surface area contributed by atoms with Gasteiger partial charge in [-0.2, -0.15) is 0 Å². The number of carbonyl (C=O) groups is 2. The summed E-state index contributed by atoms with van der Waals surface area (Å²) in [6, 6.07) is 18.9. The summed E-state index contributed by atoms with van der Waals surface area (Å²) in [5, 5.41) is 0. The smallest absolute Gasteiger partial charge is 0.306 e. The Morgan fingerprint density at radius 3 is 2.12 bits per heavy atom. The lowest BCUT2D eigenvalue weighted by Crippen LogP contribution is -2.58. The Morgan fingerprint density at radius 1 is 1.00 bits per heavy atom. The molecule has 2 aromatic rings. The molecule has 0 unspecified atom stereocenters. The van der Waals surface area contributed by atoms with Crippen LogP contribution >= 0.6 is 0 Å². The minimum atomic E-state index is -0.410. The number of Topliss-reactive ketones (excluding diaryl/α,β-unsaturated/α-hetero) is 1. The number of carbonyl (C=O) groups excluding carboxylic acids is 2. The van der Waals surface area contributed by atoms with Crippen molar-refractivity contribution in [1.29, 1.82) is 0 Å². The van der Waals surface area contributed by atoms with Gasteiger partial charge >= 0.3 is 5.97 Å². The van der Waals surface area contributed by atoms with Crippen molar-refractivity contribution >= 4 is 11.8 Å². The normalized spacial score (nSPS) is 13.1. The molecule has 0 aliphatic heterocycles. The van der Waals surface area contributed by atoms with Crippen LogP contribution in [0.4, 0.5) is 0 Å². The van der Waals surface area contributed by atoms with Gasteiger partial charge in [-0.15, -0.1) is 0 Å². The largest absolute Gasteiger partial charge is 0.456 e. The van der Waals surface area contributed by atoms with E-state index in [4.69, 9.17) is 4.74 Å². The number of hydrogen-bond donors (Lipinski definition) is 1. The summed E-state index contributed by atoms with van der Waals surface area (Å²) in [5.74, 6) is -0.431. The van der Waals surface area contributed by atoms with E-state index in [9.17, 15) is 9.59 Å². The SMILES string of the molecule is CCC(=O)O[C@H](C[NH3+])[C@H](CC(=O)c1ccccc1)c1ccccc1. The summed E-state index contributed by atoms with van der Waals surface area (Å²) in [4.78, 5) is 24.4. The molecule has 0 aliphatic rings. The summed E-state index contributed by atoms with van der Waals surface area (Å²) >= 11 is 0. The van der Waals surface area contributed by atoms with Gasteiger partial charge in [-0.05, 0) is 5.56 Å². The Morgan fingerprint density at radius 2 is 1.58 bits per heavy atom.